The van der Waals surface area contributed by atoms with Crippen LogP contribution in [-0.4, -0.2) is 18.6 Å². The number of hydrogen-bond acceptors (Lipinski definition) is 4. The summed E-state index contributed by atoms with van der Waals surface area (Å²) in [6.45, 7) is 8.29. The monoisotopic (exact) mass is 289 g/mol. The molecule has 0 fully saturated rings. The first-order valence-corrected chi connectivity index (χ1v) is 7.87. The molecule has 0 aliphatic carbocycles. The minimum atomic E-state index is 0.374. The standard InChI is InChI=1S/C16H23N3S/c1-5-17-13(3)15-10-18-16(20-15)19(4)11-14-8-6-12(2)7-9-14/h6-10,13,17H,5,11H2,1-4H3. The molecule has 4 heteroatoms. The third-order valence-corrected chi connectivity index (χ3v) is 4.61. The smallest absolute Gasteiger partial charge is 0.185 e. The highest BCUT2D eigenvalue weighted by atomic mass is 32.1. The molecule has 1 unspecified atom stereocenters. The highest BCUT2D eigenvalue weighted by molar-refractivity contribution is 7.15. The predicted molar refractivity (Wildman–Crippen MR) is 87.5 cm³/mol. The molecular formula is C16H23N3S. The first-order chi connectivity index (χ1) is 9.60. The average molecular weight is 289 g/mol. The molecular weight excluding hydrogens is 266 g/mol. The molecule has 3 nitrogen and oxygen atoms in total. The summed E-state index contributed by atoms with van der Waals surface area (Å²) in [7, 11) is 2.10. The second kappa shape index (κ2) is 6.86. The van der Waals surface area contributed by atoms with Crippen LogP contribution in [0.1, 0.15) is 35.9 Å². The van der Waals surface area contributed by atoms with E-state index in [1.54, 1.807) is 11.3 Å². The second-order valence-corrected chi connectivity index (χ2v) is 6.21. The molecule has 0 radical (unpaired) electrons. The minimum Gasteiger partial charge on any atom is -0.347 e. The van der Waals surface area contributed by atoms with Gasteiger partial charge in [-0.25, -0.2) is 4.98 Å². The van der Waals surface area contributed by atoms with Gasteiger partial charge < -0.3 is 10.2 Å². The average Bonchev–Trinajstić information content (AvgIpc) is 2.91. The van der Waals surface area contributed by atoms with Gasteiger partial charge in [0, 0.05) is 30.7 Å². The summed E-state index contributed by atoms with van der Waals surface area (Å²) in [6, 6.07) is 9.05. The Hall–Kier alpha value is -1.39. The van der Waals surface area contributed by atoms with E-state index in [9.17, 15) is 0 Å². The number of anilines is 1. The van der Waals surface area contributed by atoms with Gasteiger partial charge in [0.1, 0.15) is 0 Å². The van der Waals surface area contributed by atoms with Crippen molar-refractivity contribution in [3.63, 3.8) is 0 Å². The summed E-state index contributed by atoms with van der Waals surface area (Å²) >= 11 is 1.76. The Morgan fingerprint density at radius 3 is 2.65 bits per heavy atom. The van der Waals surface area contributed by atoms with Gasteiger partial charge in [-0.2, -0.15) is 0 Å². The van der Waals surface area contributed by atoms with E-state index in [1.165, 1.54) is 16.0 Å². The number of thiazole rings is 1. The van der Waals surface area contributed by atoms with E-state index in [2.05, 4.69) is 67.3 Å². The quantitative estimate of drug-likeness (QED) is 0.877. The molecule has 1 heterocycles. The van der Waals surface area contributed by atoms with Crippen molar-refractivity contribution in [3.05, 3.63) is 46.5 Å². The highest BCUT2D eigenvalue weighted by Gasteiger charge is 2.11. The fourth-order valence-electron chi connectivity index (χ4n) is 2.10. The number of benzene rings is 1. The maximum Gasteiger partial charge on any atom is 0.185 e. The number of nitrogens with zero attached hydrogens (tertiary/aromatic N) is 2. The molecule has 1 aromatic carbocycles. The lowest BCUT2D eigenvalue weighted by molar-refractivity contribution is 0.606. The van der Waals surface area contributed by atoms with Crippen LogP contribution in [0.15, 0.2) is 30.5 Å². The molecule has 0 saturated heterocycles. The Balaban J connectivity index is 2.02. The van der Waals surface area contributed by atoms with Crippen LogP contribution >= 0.6 is 11.3 Å². The van der Waals surface area contributed by atoms with E-state index >= 15 is 0 Å². The molecule has 2 aromatic rings. The molecule has 1 N–H and O–H groups in total. The maximum absolute atomic E-state index is 4.54. The minimum absolute atomic E-state index is 0.374. The van der Waals surface area contributed by atoms with Gasteiger partial charge in [-0.05, 0) is 26.0 Å². The first kappa shape index (κ1) is 15.0. The van der Waals surface area contributed by atoms with Gasteiger partial charge in [-0.1, -0.05) is 36.8 Å². The fraction of sp³-hybridized carbons (Fsp3) is 0.438. The maximum atomic E-state index is 4.54. The van der Waals surface area contributed by atoms with Crippen LogP contribution in [0.2, 0.25) is 0 Å². The molecule has 20 heavy (non-hydrogen) atoms. The SMILES string of the molecule is CCNC(C)c1cnc(N(C)Cc2ccc(C)cc2)s1. The van der Waals surface area contributed by atoms with Crippen LogP contribution in [0.25, 0.3) is 0 Å². The van der Waals surface area contributed by atoms with Crippen molar-refractivity contribution in [2.24, 2.45) is 0 Å². The lowest BCUT2D eigenvalue weighted by atomic mass is 10.1. The van der Waals surface area contributed by atoms with Crippen LogP contribution in [0.5, 0.6) is 0 Å². The topological polar surface area (TPSA) is 28.2 Å². The van der Waals surface area contributed by atoms with Crippen molar-refractivity contribution in [2.45, 2.75) is 33.4 Å². The summed E-state index contributed by atoms with van der Waals surface area (Å²) in [5.41, 5.74) is 2.61. The fourth-order valence-corrected chi connectivity index (χ4v) is 3.00. The molecule has 0 spiro atoms. The van der Waals surface area contributed by atoms with Crippen LogP contribution < -0.4 is 10.2 Å². The largest absolute Gasteiger partial charge is 0.347 e. The number of rotatable bonds is 6. The first-order valence-electron chi connectivity index (χ1n) is 7.06. The molecule has 0 saturated carbocycles. The van der Waals surface area contributed by atoms with Crippen LogP contribution in [0, 0.1) is 6.92 Å². The van der Waals surface area contributed by atoms with Gasteiger partial charge in [-0.15, -0.1) is 11.3 Å². The molecule has 0 aliphatic heterocycles. The van der Waals surface area contributed by atoms with E-state index in [0.29, 0.717) is 6.04 Å². The Morgan fingerprint density at radius 1 is 1.30 bits per heavy atom. The van der Waals surface area contributed by atoms with Gasteiger partial charge in [0.2, 0.25) is 0 Å². The molecule has 1 aromatic heterocycles. The van der Waals surface area contributed by atoms with Gasteiger partial charge in [0.15, 0.2) is 5.13 Å². The Labute approximate surface area is 125 Å². The van der Waals surface area contributed by atoms with Crippen molar-refractivity contribution in [1.29, 1.82) is 0 Å². The van der Waals surface area contributed by atoms with E-state index in [1.807, 2.05) is 6.20 Å². The van der Waals surface area contributed by atoms with Crippen molar-refractivity contribution < 1.29 is 0 Å². The van der Waals surface area contributed by atoms with Crippen LogP contribution in [-0.2, 0) is 6.54 Å². The lowest BCUT2D eigenvalue weighted by Gasteiger charge is -2.16. The van der Waals surface area contributed by atoms with Crippen LogP contribution in [0.3, 0.4) is 0 Å². The third kappa shape index (κ3) is 3.81. The molecule has 0 amide bonds. The Bertz CT molecular complexity index is 533. The number of aromatic nitrogens is 1. The van der Waals surface area contributed by atoms with Gasteiger partial charge in [-0.3, -0.25) is 0 Å². The van der Waals surface area contributed by atoms with Crippen LogP contribution in [0.4, 0.5) is 5.13 Å². The van der Waals surface area contributed by atoms with Gasteiger partial charge in [0.25, 0.3) is 0 Å². The van der Waals surface area contributed by atoms with Crippen molar-refractivity contribution >= 4 is 16.5 Å². The number of aryl methyl sites for hydroxylation is 1. The summed E-state index contributed by atoms with van der Waals surface area (Å²) in [6.07, 6.45) is 1.99. The van der Waals surface area contributed by atoms with E-state index < -0.39 is 0 Å². The number of hydrogen-bond donors (Lipinski definition) is 1. The molecule has 0 aliphatic rings. The van der Waals surface area contributed by atoms with Gasteiger partial charge in [0.05, 0.1) is 0 Å². The van der Waals surface area contributed by atoms with E-state index in [4.69, 9.17) is 0 Å². The molecule has 0 bridgehead atoms. The highest BCUT2D eigenvalue weighted by Crippen LogP contribution is 2.27. The zero-order valence-corrected chi connectivity index (χ0v) is 13.5. The molecule has 108 valence electrons. The zero-order valence-electron chi connectivity index (χ0n) is 12.7. The lowest BCUT2D eigenvalue weighted by Crippen LogP contribution is -2.16. The normalized spacial score (nSPS) is 12.4. The van der Waals surface area contributed by atoms with Gasteiger partial charge >= 0.3 is 0 Å². The van der Waals surface area contributed by atoms with E-state index in [0.717, 1.165) is 18.2 Å². The summed E-state index contributed by atoms with van der Waals surface area (Å²) in [4.78, 5) is 8.03. The zero-order chi connectivity index (χ0) is 14.5. The summed E-state index contributed by atoms with van der Waals surface area (Å²) < 4.78 is 0. The Morgan fingerprint density at radius 2 is 2.00 bits per heavy atom. The van der Waals surface area contributed by atoms with Crippen molar-refractivity contribution in [1.82, 2.24) is 10.3 Å². The summed E-state index contributed by atoms with van der Waals surface area (Å²) in [5.74, 6) is 0. The second-order valence-electron chi connectivity index (χ2n) is 5.17. The molecule has 1 atom stereocenters. The van der Waals surface area contributed by atoms with Crippen molar-refractivity contribution in [3.8, 4) is 0 Å². The van der Waals surface area contributed by atoms with E-state index in [-0.39, 0.29) is 0 Å². The molecule has 2 rings (SSSR count). The summed E-state index contributed by atoms with van der Waals surface area (Å²) in [5, 5.41) is 4.50. The third-order valence-electron chi connectivity index (χ3n) is 3.32. The number of nitrogens with one attached hydrogen (secondary N) is 1. The van der Waals surface area contributed by atoms with Crippen molar-refractivity contribution in [2.75, 3.05) is 18.5 Å². The predicted octanol–water partition coefficient (Wildman–Crippen LogP) is 3.76. The Kier molecular flexibility index (Phi) is 5.15.